The molecule has 0 saturated heterocycles. The van der Waals surface area contributed by atoms with Crippen molar-refractivity contribution in [3.8, 4) is 0 Å². The molecule has 0 aliphatic heterocycles. The maximum atomic E-state index is 3.68. The van der Waals surface area contributed by atoms with Gasteiger partial charge in [0, 0.05) is 0 Å². The van der Waals surface area contributed by atoms with Crippen molar-refractivity contribution in [2.75, 3.05) is 0 Å². The molecule has 58 valence electrons. The van der Waals surface area contributed by atoms with Crippen LogP contribution in [0, 0.1) is 13.8 Å². The number of unbranched alkanes of at least 4 members (excludes halogenated alkanes) is 3. The van der Waals surface area contributed by atoms with Gasteiger partial charge >= 0.3 is 37.7 Å². The third-order valence-corrected chi connectivity index (χ3v) is 0.957. The van der Waals surface area contributed by atoms with Gasteiger partial charge in [-0.05, 0) is 0 Å². The van der Waals surface area contributed by atoms with E-state index in [1.54, 1.807) is 0 Å². The minimum atomic E-state index is 0. The van der Waals surface area contributed by atoms with Crippen molar-refractivity contribution in [3.05, 3.63) is 13.8 Å². The van der Waals surface area contributed by atoms with E-state index in [2.05, 4.69) is 27.7 Å². The van der Waals surface area contributed by atoms with Crippen molar-refractivity contribution in [3.63, 3.8) is 0 Å². The molecule has 0 rings (SSSR count). The van der Waals surface area contributed by atoms with E-state index < -0.39 is 0 Å². The van der Waals surface area contributed by atoms with Gasteiger partial charge in [0.25, 0.3) is 0 Å². The summed E-state index contributed by atoms with van der Waals surface area (Å²) in [5, 5.41) is 0. The molecule has 2 heteroatoms. The summed E-state index contributed by atoms with van der Waals surface area (Å²) >= 11 is 0. The summed E-state index contributed by atoms with van der Waals surface area (Å²) in [5.74, 6) is 0. The van der Waals surface area contributed by atoms with Crippen LogP contribution in [0.3, 0.4) is 0 Å². The van der Waals surface area contributed by atoms with Crippen LogP contribution in [0.5, 0.6) is 0 Å². The molecule has 0 N–H and O–H groups in total. The van der Waals surface area contributed by atoms with Crippen LogP contribution >= 0.6 is 0 Å². The van der Waals surface area contributed by atoms with E-state index in [1.165, 1.54) is 19.3 Å². The molecule has 11 heavy (non-hydrogen) atoms. The molecule has 0 spiro atoms. The number of hydrogen-bond donors (Lipinski definition) is 0. The fraction of sp³-hybridized carbons (Fsp3) is 0.778. The molecular formula is C9H20Li2. The van der Waals surface area contributed by atoms with Gasteiger partial charge in [-0.1, -0.05) is 33.1 Å². The van der Waals surface area contributed by atoms with Crippen molar-refractivity contribution in [2.24, 2.45) is 0 Å². The SMILES string of the molecule is [CH2-]CCC.[CH2-]CCCC.[Li+].[Li+]. The zero-order valence-corrected chi connectivity index (χ0v) is 8.95. The van der Waals surface area contributed by atoms with Gasteiger partial charge < -0.3 is 13.8 Å². The minimum Gasteiger partial charge on any atom is -0.343 e. The van der Waals surface area contributed by atoms with Crippen LogP contribution in [-0.2, 0) is 0 Å². The molecule has 0 aromatic carbocycles. The van der Waals surface area contributed by atoms with Crippen molar-refractivity contribution < 1.29 is 37.7 Å². The third kappa shape index (κ3) is 53.8. The molecule has 0 bridgehead atoms. The summed E-state index contributed by atoms with van der Waals surface area (Å²) < 4.78 is 0. The second kappa shape index (κ2) is 30.3. The topological polar surface area (TPSA) is 0 Å². The second-order valence-corrected chi connectivity index (χ2v) is 2.06. The van der Waals surface area contributed by atoms with Crippen LogP contribution in [0.1, 0.15) is 46.0 Å². The van der Waals surface area contributed by atoms with Crippen molar-refractivity contribution in [1.82, 2.24) is 0 Å². The smallest absolute Gasteiger partial charge is 0.343 e. The van der Waals surface area contributed by atoms with Gasteiger partial charge in [0.05, 0.1) is 0 Å². The average Bonchev–Trinajstić information content (AvgIpc) is 1.91. The average molecular weight is 142 g/mol. The Morgan fingerprint density at radius 2 is 1.18 bits per heavy atom. The fourth-order valence-electron chi connectivity index (χ4n) is 0.250. The van der Waals surface area contributed by atoms with Gasteiger partial charge in [-0.3, -0.25) is 0 Å². The Balaban J connectivity index is -0.0000000383. The Morgan fingerprint density at radius 3 is 1.18 bits per heavy atom. The number of hydrogen-bond acceptors (Lipinski definition) is 0. The zero-order valence-electron chi connectivity index (χ0n) is 8.95. The predicted octanol–water partition coefficient (Wildman–Crippen LogP) is -2.36. The third-order valence-electron chi connectivity index (χ3n) is 0.957. The van der Waals surface area contributed by atoms with Crippen LogP contribution < -0.4 is 37.7 Å². The summed E-state index contributed by atoms with van der Waals surface area (Å²) in [6.45, 7) is 11.6. The van der Waals surface area contributed by atoms with Crippen LogP contribution in [0.2, 0.25) is 0 Å². The van der Waals surface area contributed by atoms with Gasteiger partial charge in [0.1, 0.15) is 0 Å². The Morgan fingerprint density at radius 1 is 0.818 bits per heavy atom. The molecule has 0 fully saturated rings. The first-order valence-corrected chi connectivity index (χ1v) is 3.91. The molecule has 0 saturated carbocycles. The Kier molecular flexibility index (Phi) is 62.7. The molecule has 0 radical (unpaired) electrons. The maximum Gasteiger partial charge on any atom is 1.00 e. The molecule has 0 aromatic rings. The summed E-state index contributed by atoms with van der Waals surface area (Å²) in [6, 6.07) is 0. The van der Waals surface area contributed by atoms with Gasteiger partial charge in [-0.2, -0.15) is 12.8 Å². The van der Waals surface area contributed by atoms with Crippen molar-refractivity contribution in [1.29, 1.82) is 0 Å². The quantitative estimate of drug-likeness (QED) is 0.305. The molecule has 0 unspecified atom stereocenters. The molecule has 0 aliphatic rings. The predicted molar refractivity (Wildman–Crippen MR) is 45.1 cm³/mol. The first-order valence-electron chi connectivity index (χ1n) is 3.91. The van der Waals surface area contributed by atoms with Gasteiger partial charge in [-0.25, -0.2) is 0 Å². The monoisotopic (exact) mass is 142 g/mol. The summed E-state index contributed by atoms with van der Waals surface area (Å²) in [5.41, 5.74) is 0. The standard InChI is InChI=1S/C5H11.C4H9.2Li/c1-3-5-4-2;1-3-4-2;;/h1,3-5H2,2H3;1,3-4H2,2H3;;/q2*-1;2*+1. The number of rotatable bonds is 3. The first kappa shape index (κ1) is 22.8. The summed E-state index contributed by atoms with van der Waals surface area (Å²) in [6.07, 6.45) is 5.93. The van der Waals surface area contributed by atoms with E-state index in [1.807, 2.05) is 0 Å². The minimum absolute atomic E-state index is 0. The van der Waals surface area contributed by atoms with Crippen molar-refractivity contribution in [2.45, 2.75) is 46.0 Å². The molecule has 0 nitrogen and oxygen atoms in total. The van der Waals surface area contributed by atoms with Gasteiger partial charge in [0.2, 0.25) is 0 Å². The van der Waals surface area contributed by atoms with E-state index in [-0.39, 0.29) is 37.7 Å². The molecule has 0 amide bonds. The molecule has 0 heterocycles. The van der Waals surface area contributed by atoms with E-state index in [0.29, 0.717) is 0 Å². The zero-order chi connectivity index (χ0) is 7.54. The molecule has 0 aliphatic carbocycles. The van der Waals surface area contributed by atoms with Crippen LogP contribution in [-0.4, -0.2) is 0 Å². The fourth-order valence-corrected chi connectivity index (χ4v) is 0.250. The first-order chi connectivity index (χ1) is 4.33. The van der Waals surface area contributed by atoms with E-state index in [0.717, 1.165) is 12.8 Å². The Hall–Kier alpha value is 1.19. The van der Waals surface area contributed by atoms with E-state index in [4.69, 9.17) is 0 Å². The summed E-state index contributed by atoms with van der Waals surface area (Å²) in [4.78, 5) is 0. The van der Waals surface area contributed by atoms with Crippen LogP contribution in [0.4, 0.5) is 0 Å². The van der Waals surface area contributed by atoms with Crippen LogP contribution in [0.25, 0.3) is 0 Å². The van der Waals surface area contributed by atoms with Crippen molar-refractivity contribution >= 4 is 0 Å². The largest absolute Gasteiger partial charge is 1.00 e. The maximum absolute atomic E-state index is 3.68. The Labute approximate surface area is 97.3 Å². The second-order valence-electron chi connectivity index (χ2n) is 2.06. The van der Waals surface area contributed by atoms with Crippen LogP contribution in [0.15, 0.2) is 0 Å². The molecule has 0 aromatic heterocycles. The Bertz CT molecular complexity index is 26.7. The summed E-state index contributed by atoms with van der Waals surface area (Å²) in [7, 11) is 0. The van der Waals surface area contributed by atoms with Gasteiger partial charge in [0.15, 0.2) is 0 Å². The van der Waals surface area contributed by atoms with E-state index in [9.17, 15) is 0 Å². The molecule has 0 atom stereocenters. The van der Waals surface area contributed by atoms with E-state index >= 15 is 0 Å². The normalized spacial score (nSPS) is 6.55. The molecular weight excluding hydrogens is 122 g/mol. The van der Waals surface area contributed by atoms with Gasteiger partial charge in [-0.15, -0.1) is 0 Å².